The molecule has 0 amide bonds. The molecule has 0 aliphatic rings. The Kier molecular flexibility index (Phi) is 2.90. The molecule has 0 fully saturated rings. The second kappa shape index (κ2) is 3.73. The molecule has 1 rings (SSSR count). The van der Waals surface area contributed by atoms with Crippen molar-refractivity contribution in [1.82, 2.24) is 14.8 Å². The lowest BCUT2D eigenvalue weighted by Gasteiger charge is -2.05. The van der Waals surface area contributed by atoms with Crippen molar-refractivity contribution in [2.75, 3.05) is 6.54 Å². The third-order valence-corrected chi connectivity index (χ3v) is 2.48. The van der Waals surface area contributed by atoms with E-state index in [1.807, 2.05) is 11.6 Å². The minimum absolute atomic E-state index is 0.401. The highest BCUT2D eigenvalue weighted by Crippen LogP contribution is 2.18. The van der Waals surface area contributed by atoms with Gasteiger partial charge in [-0.25, -0.2) is 0 Å². The minimum Gasteiger partial charge on any atom is -0.329 e. The van der Waals surface area contributed by atoms with E-state index in [-0.39, 0.29) is 0 Å². The summed E-state index contributed by atoms with van der Waals surface area (Å²) >= 11 is 1.64. The molecule has 4 nitrogen and oxygen atoms in total. The second-order valence-electron chi connectivity index (χ2n) is 2.39. The molecule has 62 valence electrons. The van der Waals surface area contributed by atoms with Crippen LogP contribution in [0.15, 0.2) is 11.5 Å². The van der Waals surface area contributed by atoms with Gasteiger partial charge in [-0.05, 0) is 0 Å². The Morgan fingerprint density at radius 3 is 3.00 bits per heavy atom. The molecule has 1 aromatic rings. The van der Waals surface area contributed by atoms with Gasteiger partial charge < -0.3 is 10.3 Å². The summed E-state index contributed by atoms with van der Waals surface area (Å²) in [6.45, 7) is 2.73. The van der Waals surface area contributed by atoms with Crippen LogP contribution >= 0.6 is 11.8 Å². The zero-order chi connectivity index (χ0) is 8.27. The third-order valence-electron chi connectivity index (χ3n) is 1.31. The smallest absolute Gasteiger partial charge is 0.191 e. The highest BCUT2D eigenvalue weighted by Gasteiger charge is 2.05. The van der Waals surface area contributed by atoms with Gasteiger partial charge in [0.15, 0.2) is 5.16 Å². The Morgan fingerprint density at radius 1 is 1.82 bits per heavy atom. The van der Waals surface area contributed by atoms with Gasteiger partial charge in [0.1, 0.15) is 6.33 Å². The summed E-state index contributed by atoms with van der Waals surface area (Å²) in [5.74, 6) is 0. The van der Waals surface area contributed by atoms with Crippen LogP contribution in [0, 0.1) is 0 Å². The molecular weight excluding hydrogens is 160 g/mol. The first-order valence-corrected chi connectivity index (χ1v) is 4.32. The predicted octanol–water partition coefficient (Wildman–Crippen LogP) is 0.254. The first-order chi connectivity index (χ1) is 5.24. The molecule has 0 spiro atoms. The molecule has 0 radical (unpaired) electrons. The summed E-state index contributed by atoms with van der Waals surface area (Å²) in [5.41, 5.74) is 5.46. The van der Waals surface area contributed by atoms with Gasteiger partial charge >= 0.3 is 0 Å². The topological polar surface area (TPSA) is 56.7 Å². The minimum atomic E-state index is 0.401. The molecule has 1 heterocycles. The van der Waals surface area contributed by atoms with E-state index in [0.29, 0.717) is 11.8 Å². The van der Waals surface area contributed by atoms with Crippen LogP contribution in [0.5, 0.6) is 0 Å². The number of rotatable bonds is 3. The highest BCUT2D eigenvalue weighted by atomic mass is 32.2. The maximum absolute atomic E-state index is 5.46. The van der Waals surface area contributed by atoms with Gasteiger partial charge in [0, 0.05) is 18.8 Å². The fourth-order valence-corrected chi connectivity index (χ4v) is 1.37. The summed E-state index contributed by atoms with van der Waals surface area (Å²) in [6.07, 6.45) is 1.69. The number of nitrogens with zero attached hydrogens (tertiary/aromatic N) is 3. The lowest BCUT2D eigenvalue weighted by Crippen LogP contribution is -2.13. The monoisotopic (exact) mass is 172 g/mol. The van der Waals surface area contributed by atoms with Gasteiger partial charge in [-0.3, -0.25) is 0 Å². The van der Waals surface area contributed by atoms with Crippen LogP contribution in [-0.4, -0.2) is 26.6 Å². The van der Waals surface area contributed by atoms with Gasteiger partial charge in [0.25, 0.3) is 0 Å². The molecule has 1 atom stereocenters. The predicted molar refractivity (Wildman–Crippen MR) is 45.4 cm³/mol. The molecule has 5 heteroatoms. The molecule has 0 saturated carbocycles. The summed E-state index contributed by atoms with van der Waals surface area (Å²) < 4.78 is 1.89. The maximum Gasteiger partial charge on any atom is 0.191 e. The van der Waals surface area contributed by atoms with Crippen molar-refractivity contribution >= 4 is 11.8 Å². The van der Waals surface area contributed by atoms with Crippen molar-refractivity contribution in [1.29, 1.82) is 0 Å². The van der Waals surface area contributed by atoms with Crippen molar-refractivity contribution < 1.29 is 0 Å². The fraction of sp³-hybridized carbons (Fsp3) is 0.667. The number of nitrogens with two attached hydrogens (primary N) is 1. The summed E-state index contributed by atoms with van der Waals surface area (Å²) in [4.78, 5) is 0. The van der Waals surface area contributed by atoms with E-state index >= 15 is 0 Å². The summed E-state index contributed by atoms with van der Waals surface area (Å²) in [5, 5.41) is 9.00. The number of thioether (sulfide) groups is 1. The standard InChI is InChI=1S/C6H12N4S/c1-5(3-7)11-6-9-8-4-10(6)2/h4-5H,3,7H2,1-2H3. The largest absolute Gasteiger partial charge is 0.329 e. The van der Waals surface area contributed by atoms with Crippen molar-refractivity contribution in [3.63, 3.8) is 0 Å². The van der Waals surface area contributed by atoms with Crippen molar-refractivity contribution in [2.24, 2.45) is 12.8 Å². The van der Waals surface area contributed by atoms with Crippen LogP contribution in [0.4, 0.5) is 0 Å². The Balaban J connectivity index is 2.56. The van der Waals surface area contributed by atoms with Crippen LogP contribution in [-0.2, 0) is 7.05 Å². The van der Waals surface area contributed by atoms with Gasteiger partial charge in [-0.1, -0.05) is 18.7 Å². The Bertz CT molecular complexity index is 222. The second-order valence-corrected chi connectivity index (χ2v) is 3.79. The zero-order valence-corrected chi connectivity index (χ0v) is 7.51. The molecule has 0 aliphatic heterocycles. The number of aryl methyl sites for hydroxylation is 1. The van der Waals surface area contributed by atoms with Crippen molar-refractivity contribution in [2.45, 2.75) is 17.3 Å². The zero-order valence-electron chi connectivity index (χ0n) is 6.69. The lowest BCUT2D eigenvalue weighted by molar-refractivity contribution is 0.782. The molecule has 1 aromatic heterocycles. The SMILES string of the molecule is CC(CN)Sc1nncn1C. The van der Waals surface area contributed by atoms with Crippen LogP contribution in [0.1, 0.15) is 6.92 Å². The first kappa shape index (κ1) is 8.55. The molecule has 0 aromatic carbocycles. The Morgan fingerprint density at radius 2 is 2.55 bits per heavy atom. The number of aromatic nitrogens is 3. The maximum atomic E-state index is 5.46. The van der Waals surface area contributed by atoms with Crippen molar-refractivity contribution in [3.05, 3.63) is 6.33 Å². The molecule has 0 bridgehead atoms. The number of hydrogen-bond donors (Lipinski definition) is 1. The summed E-state index contributed by atoms with van der Waals surface area (Å²) in [7, 11) is 1.92. The molecular formula is C6H12N4S. The molecule has 11 heavy (non-hydrogen) atoms. The van der Waals surface area contributed by atoms with Gasteiger partial charge in [0.2, 0.25) is 0 Å². The molecule has 2 N–H and O–H groups in total. The quantitative estimate of drug-likeness (QED) is 0.664. The number of hydrogen-bond acceptors (Lipinski definition) is 4. The summed E-state index contributed by atoms with van der Waals surface area (Å²) in [6, 6.07) is 0. The molecule has 0 saturated heterocycles. The van der Waals surface area contributed by atoms with E-state index in [4.69, 9.17) is 5.73 Å². The molecule has 1 unspecified atom stereocenters. The normalized spacial score (nSPS) is 13.4. The molecule has 0 aliphatic carbocycles. The van der Waals surface area contributed by atoms with E-state index in [2.05, 4.69) is 17.1 Å². The van der Waals surface area contributed by atoms with E-state index in [9.17, 15) is 0 Å². The third kappa shape index (κ3) is 2.20. The van der Waals surface area contributed by atoms with Crippen LogP contribution in [0.2, 0.25) is 0 Å². The fourth-order valence-electron chi connectivity index (χ4n) is 0.607. The van der Waals surface area contributed by atoms with Crippen LogP contribution in [0.25, 0.3) is 0 Å². The lowest BCUT2D eigenvalue weighted by atomic mass is 10.5. The Hall–Kier alpha value is -0.550. The van der Waals surface area contributed by atoms with E-state index < -0.39 is 0 Å². The van der Waals surface area contributed by atoms with Gasteiger partial charge in [0.05, 0.1) is 0 Å². The van der Waals surface area contributed by atoms with Gasteiger partial charge in [-0.15, -0.1) is 10.2 Å². The first-order valence-electron chi connectivity index (χ1n) is 3.44. The Labute approximate surface area is 70.2 Å². The van der Waals surface area contributed by atoms with E-state index in [1.54, 1.807) is 18.1 Å². The highest BCUT2D eigenvalue weighted by molar-refractivity contribution is 7.99. The van der Waals surface area contributed by atoms with Crippen LogP contribution < -0.4 is 5.73 Å². The average Bonchev–Trinajstić information content (AvgIpc) is 2.37. The van der Waals surface area contributed by atoms with Crippen LogP contribution in [0.3, 0.4) is 0 Å². The average molecular weight is 172 g/mol. The van der Waals surface area contributed by atoms with E-state index in [0.717, 1.165) is 5.16 Å². The van der Waals surface area contributed by atoms with Gasteiger partial charge in [-0.2, -0.15) is 0 Å². The van der Waals surface area contributed by atoms with Crippen molar-refractivity contribution in [3.8, 4) is 0 Å². The van der Waals surface area contributed by atoms with E-state index in [1.165, 1.54) is 0 Å².